The van der Waals surface area contributed by atoms with Crippen LogP contribution in [0, 0.1) is 0 Å². The summed E-state index contributed by atoms with van der Waals surface area (Å²) in [5, 5.41) is 10.8. The van der Waals surface area contributed by atoms with Crippen LogP contribution in [0.15, 0.2) is 29.6 Å². The van der Waals surface area contributed by atoms with Crippen molar-refractivity contribution in [3.63, 3.8) is 0 Å². The standard InChI is InChI=1S/C21H17F9N2O4S/c22-19(23,24)12-2-1-11(14(9-12)15-13(16(33)34)3-8-37-15)10-31-4-6-32(7-5-31)18(35)36-17(20(25,26)27)21(28,29)30/h1-3,8-9,17H,4-7,10H2,(H,33,34). The Morgan fingerprint density at radius 3 is 2.05 bits per heavy atom. The van der Waals surface area contributed by atoms with Crippen LogP contribution in [0.1, 0.15) is 21.5 Å². The van der Waals surface area contributed by atoms with Gasteiger partial charge in [0.1, 0.15) is 0 Å². The van der Waals surface area contributed by atoms with E-state index >= 15 is 0 Å². The third kappa shape index (κ3) is 6.85. The van der Waals surface area contributed by atoms with E-state index in [1.807, 2.05) is 0 Å². The molecule has 6 nitrogen and oxygen atoms in total. The molecule has 3 rings (SSSR count). The number of halogens is 9. The van der Waals surface area contributed by atoms with Gasteiger partial charge in [-0.25, -0.2) is 9.59 Å². The van der Waals surface area contributed by atoms with Gasteiger partial charge in [-0.3, -0.25) is 4.90 Å². The summed E-state index contributed by atoms with van der Waals surface area (Å²) in [5.74, 6) is -1.34. The lowest BCUT2D eigenvalue weighted by Crippen LogP contribution is -2.52. The topological polar surface area (TPSA) is 70.1 Å². The smallest absolute Gasteiger partial charge is 0.434 e. The minimum Gasteiger partial charge on any atom is -0.478 e. The number of amides is 1. The van der Waals surface area contributed by atoms with E-state index in [9.17, 15) is 54.2 Å². The lowest BCUT2D eigenvalue weighted by molar-refractivity contribution is -0.308. The van der Waals surface area contributed by atoms with Crippen molar-refractivity contribution in [3.05, 3.63) is 46.3 Å². The summed E-state index contributed by atoms with van der Waals surface area (Å²) in [7, 11) is 0. The van der Waals surface area contributed by atoms with Crippen LogP contribution in [0.4, 0.5) is 44.3 Å². The van der Waals surface area contributed by atoms with Crippen molar-refractivity contribution in [2.24, 2.45) is 0 Å². The Morgan fingerprint density at radius 1 is 0.946 bits per heavy atom. The molecule has 2 aromatic rings. The molecule has 0 atom stereocenters. The van der Waals surface area contributed by atoms with Gasteiger partial charge in [0.2, 0.25) is 0 Å². The van der Waals surface area contributed by atoms with E-state index in [2.05, 4.69) is 4.74 Å². The molecule has 1 fully saturated rings. The lowest BCUT2D eigenvalue weighted by atomic mass is 9.99. The van der Waals surface area contributed by atoms with Gasteiger partial charge in [0.05, 0.1) is 11.1 Å². The molecule has 2 heterocycles. The van der Waals surface area contributed by atoms with E-state index in [1.54, 1.807) is 4.90 Å². The van der Waals surface area contributed by atoms with Crippen LogP contribution < -0.4 is 0 Å². The normalized spacial score (nSPS) is 15.8. The minimum atomic E-state index is -5.86. The Bertz CT molecular complexity index is 1120. The van der Waals surface area contributed by atoms with Crippen molar-refractivity contribution < 1.29 is 58.9 Å². The molecule has 1 aromatic carbocycles. The Balaban J connectivity index is 1.75. The zero-order valence-corrected chi connectivity index (χ0v) is 19.2. The fraction of sp³-hybridized carbons (Fsp3) is 0.429. The van der Waals surface area contributed by atoms with E-state index in [-0.39, 0.29) is 48.7 Å². The molecular weight excluding hydrogens is 547 g/mol. The summed E-state index contributed by atoms with van der Waals surface area (Å²) in [6.07, 6.45) is -22.5. The van der Waals surface area contributed by atoms with Crippen molar-refractivity contribution >= 4 is 23.4 Å². The molecular formula is C21H17F9N2O4S. The Hall–Kier alpha value is -3.01. The van der Waals surface area contributed by atoms with Gasteiger partial charge in [-0.05, 0) is 34.7 Å². The molecule has 0 radical (unpaired) electrons. The number of ether oxygens (including phenoxy) is 1. The maximum atomic E-state index is 13.3. The molecule has 1 aliphatic rings. The highest BCUT2D eigenvalue weighted by molar-refractivity contribution is 7.14. The number of aromatic carboxylic acids is 1. The second-order valence-corrected chi connectivity index (χ2v) is 8.86. The first-order chi connectivity index (χ1) is 17.0. The number of piperazine rings is 1. The first-order valence-corrected chi connectivity index (χ1v) is 11.2. The summed E-state index contributed by atoms with van der Waals surface area (Å²) in [4.78, 5) is 25.8. The molecule has 0 bridgehead atoms. The molecule has 1 aromatic heterocycles. The maximum absolute atomic E-state index is 13.3. The molecule has 1 amide bonds. The van der Waals surface area contributed by atoms with Crippen molar-refractivity contribution in [2.45, 2.75) is 31.2 Å². The average Bonchev–Trinajstić information content (AvgIpc) is 3.26. The van der Waals surface area contributed by atoms with E-state index in [4.69, 9.17) is 0 Å². The quantitative estimate of drug-likeness (QED) is 0.460. The van der Waals surface area contributed by atoms with E-state index in [1.165, 1.54) is 17.5 Å². The molecule has 1 N–H and O–H groups in total. The molecule has 37 heavy (non-hydrogen) atoms. The van der Waals surface area contributed by atoms with E-state index in [0.717, 1.165) is 23.5 Å². The highest BCUT2D eigenvalue weighted by Crippen LogP contribution is 2.39. The highest BCUT2D eigenvalue weighted by atomic mass is 32.1. The predicted molar refractivity (Wildman–Crippen MR) is 111 cm³/mol. The van der Waals surface area contributed by atoms with Gasteiger partial charge in [0.25, 0.3) is 6.10 Å². The summed E-state index contributed by atoms with van der Waals surface area (Å²) in [6.45, 7) is -0.739. The van der Waals surface area contributed by atoms with Crippen molar-refractivity contribution in [1.29, 1.82) is 0 Å². The number of nitrogens with zero attached hydrogens (tertiary/aromatic N) is 2. The second-order valence-electron chi connectivity index (χ2n) is 7.95. The number of carbonyl (C=O) groups excluding carboxylic acids is 1. The molecule has 1 saturated heterocycles. The van der Waals surface area contributed by atoms with Crippen LogP contribution in [-0.2, 0) is 17.5 Å². The SMILES string of the molecule is O=C(O)c1ccsc1-c1cc(C(F)(F)F)ccc1CN1CCN(C(=O)OC(C(F)(F)F)C(F)(F)F)CC1. The number of carbonyl (C=O) groups is 2. The maximum Gasteiger partial charge on any atom is 0.434 e. The molecule has 0 spiro atoms. The number of thiophene rings is 1. The van der Waals surface area contributed by atoms with Crippen molar-refractivity contribution in [3.8, 4) is 10.4 Å². The second kappa shape index (κ2) is 10.4. The van der Waals surface area contributed by atoms with Crippen LogP contribution in [0.25, 0.3) is 10.4 Å². The van der Waals surface area contributed by atoms with Crippen molar-refractivity contribution in [1.82, 2.24) is 9.80 Å². The number of alkyl halides is 9. The third-order valence-corrected chi connectivity index (χ3v) is 6.36. The first kappa shape index (κ1) is 28.6. The Morgan fingerprint density at radius 2 is 1.54 bits per heavy atom. The summed E-state index contributed by atoms with van der Waals surface area (Å²) >= 11 is 0.920. The zero-order valence-electron chi connectivity index (χ0n) is 18.4. The molecule has 204 valence electrons. The molecule has 0 unspecified atom stereocenters. The van der Waals surface area contributed by atoms with Crippen LogP contribution in [0.2, 0.25) is 0 Å². The monoisotopic (exact) mass is 564 g/mol. The number of carboxylic acid groups (broad SMARTS) is 1. The minimum absolute atomic E-state index is 0.0160. The van der Waals surface area contributed by atoms with Gasteiger partial charge < -0.3 is 14.7 Å². The predicted octanol–water partition coefficient (Wildman–Crippen LogP) is 5.88. The number of hydrogen-bond donors (Lipinski definition) is 1. The number of rotatable bonds is 5. The van der Waals surface area contributed by atoms with Gasteiger partial charge in [0.15, 0.2) is 0 Å². The van der Waals surface area contributed by atoms with Crippen LogP contribution in [0.3, 0.4) is 0 Å². The van der Waals surface area contributed by atoms with Gasteiger partial charge in [-0.1, -0.05) is 6.07 Å². The number of benzene rings is 1. The van der Waals surface area contributed by atoms with Gasteiger partial charge in [-0.2, -0.15) is 39.5 Å². The van der Waals surface area contributed by atoms with Crippen LogP contribution in [0.5, 0.6) is 0 Å². The first-order valence-electron chi connectivity index (χ1n) is 10.3. The highest BCUT2D eigenvalue weighted by Gasteiger charge is 2.60. The van der Waals surface area contributed by atoms with Gasteiger partial charge in [-0.15, -0.1) is 11.3 Å². The third-order valence-electron chi connectivity index (χ3n) is 5.42. The van der Waals surface area contributed by atoms with Gasteiger partial charge >= 0.3 is 30.6 Å². The fourth-order valence-electron chi connectivity index (χ4n) is 3.61. The Labute approximate surface area is 206 Å². The summed E-state index contributed by atoms with van der Waals surface area (Å²) in [6, 6.07) is 4.04. The average molecular weight is 564 g/mol. The number of carboxylic acids is 1. The van der Waals surface area contributed by atoms with Crippen LogP contribution in [-0.4, -0.2) is 71.6 Å². The molecule has 0 aliphatic carbocycles. The number of hydrogen-bond acceptors (Lipinski definition) is 5. The zero-order chi connectivity index (χ0) is 27.8. The largest absolute Gasteiger partial charge is 0.478 e. The molecule has 0 saturated carbocycles. The summed E-state index contributed by atoms with van der Waals surface area (Å²) < 4.78 is 119. The fourth-order valence-corrected chi connectivity index (χ4v) is 4.55. The van der Waals surface area contributed by atoms with Crippen LogP contribution >= 0.6 is 11.3 Å². The van der Waals surface area contributed by atoms with Crippen molar-refractivity contribution in [2.75, 3.05) is 26.2 Å². The van der Waals surface area contributed by atoms with E-state index < -0.39 is 42.3 Å². The molecule has 16 heteroatoms. The molecule has 1 aliphatic heterocycles. The Kier molecular flexibility index (Phi) is 8.02. The van der Waals surface area contributed by atoms with E-state index in [0.29, 0.717) is 10.5 Å². The lowest BCUT2D eigenvalue weighted by Gasteiger charge is -2.35. The summed E-state index contributed by atoms with van der Waals surface area (Å²) in [5.41, 5.74) is -0.889. The van der Waals surface area contributed by atoms with Gasteiger partial charge in [0, 0.05) is 37.6 Å².